The maximum atomic E-state index is 13.1. The Labute approximate surface area is 138 Å². The number of carbonyl (C=O) groups excluding carboxylic acids is 1. The van der Waals surface area contributed by atoms with Gasteiger partial charge in [0.15, 0.2) is 0 Å². The third-order valence-electron chi connectivity index (χ3n) is 5.44. The van der Waals surface area contributed by atoms with Crippen LogP contribution in [0.15, 0.2) is 54.6 Å². The van der Waals surface area contributed by atoms with Crippen molar-refractivity contribution in [2.75, 3.05) is 11.4 Å². The fraction of sp³-hybridized carbons (Fsp3) is 0.263. The van der Waals surface area contributed by atoms with Gasteiger partial charge in [0, 0.05) is 5.39 Å². The fourth-order valence-electron chi connectivity index (χ4n) is 4.43. The normalized spacial score (nSPS) is 33.4. The van der Waals surface area contributed by atoms with Crippen molar-refractivity contribution >= 4 is 28.3 Å². The summed E-state index contributed by atoms with van der Waals surface area (Å²) >= 11 is 0. The second-order valence-electron chi connectivity index (χ2n) is 6.66. The van der Waals surface area contributed by atoms with Gasteiger partial charge in [0.05, 0.1) is 24.3 Å². The molecule has 0 aliphatic carbocycles. The summed E-state index contributed by atoms with van der Waals surface area (Å²) < 4.78 is 5.94. The van der Waals surface area contributed by atoms with Gasteiger partial charge in [-0.3, -0.25) is 9.59 Å². The van der Waals surface area contributed by atoms with Gasteiger partial charge in [-0.15, -0.1) is 0 Å². The van der Waals surface area contributed by atoms with E-state index in [9.17, 15) is 14.7 Å². The number of aliphatic carboxylic acids is 1. The number of ether oxygens (including phenoxy) is 1. The van der Waals surface area contributed by atoms with Crippen LogP contribution in [0, 0.1) is 11.8 Å². The molecule has 0 unspecified atom stereocenters. The second kappa shape index (κ2) is 4.45. The summed E-state index contributed by atoms with van der Waals surface area (Å²) in [7, 11) is 0. The number of carboxylic acid groups (broad SMARTS) is 1. The van der Waals surface area contributed by atoms with Crippen molar-refractivity contribution in [3.05, 3.63) is 54.6 Å². The third kappa shape index (κ3) is 1.57. The summed E-state index contributed by atoms with van der Waals surface area (Å²) in [6.45, 7) is 0.362. The minimum Gasteiger partial charge on any atom is -0.481 e. The van der Waals surface area contributed by atoms with Crippen molar-refractivity contribution in [2.45, 2.75) is 11.7 Å². The molecule has 2 fully saturated rings. The molecular formula is C19H15NO4. The zero-order valence-electron chi connectivity index (χ0n) is 12.8. The maximum absolute atomic E-state index is 13.1. The molecule has 0 aromatic heterocycles. The zero-order valence-corrected chi connectivity index (χ0v) is 12.8. The van der Waals surface area contributed by atoms with E-state index in [1.165, 1.54) is 0 Å². The third-order valence-corrected chi connectivity index (χ3v) is 5.44. The number of rotatable bonds is 2. The highest BCUT2D eigenvalue weighted by molar-refractivity contribution is 6.08. The van der Waals surface area contributed by atoms with Crippen LogP contribution < -0.4 is 4.90 Å². The predicted molar refractivity (Wildman–Crippen MR) is 87.7 cm³/mol. The first-order valence-electron chi connectivity index (χ1n) is 8.00. The molecular weight excluding hydrogens is 306 g/mol. The molecule has 4 atom stereocenters. The van der Waals surface area contributed by atoms with Gasteiger partial charge in [-0.1, -0.05) is 48.6 Å². The molecule has 2 aromatic rings. The monoisotopic (exact) mass is 321 g/mol. The predicted octanol–water partition coefficient (Wildman–Crippen LogP) is 2.21. The summed E-state index contributed by atoms with van der Waals surface area (Å²) in [4.78, 5) is 26.4. The molecule has 3 aliphatic rings. The number of benzene rings is 2. The lowest BCUT2D eigenvalue weighted by molar-refractivity contribution is -0.146. The van der Waals surface area contributed by atoms with E-state index in [1.54, 1.807) is 11.0 Å². The molecule has 1 N–H and O–H groups in total. The summed E-state index contributed by atoms with van der Waals surface area (Å²) in [5, 5.41) is 11.6. The van der Waals surface area contributed by atoms with Crippen LogP contribution in [-0.2, 0) is 14.3 Å². The number of nitrogens with zero attached hydrogens (tertiary/aromatic N) is 1. The van der Waals surface area contributed by atoms with Gasteiger partial charge in [-0.05, 0) is 11.5 Å². The Hall–Kier alpha value is -2.66. The minimum atomic E-state index is -0.968. The SMILES string of the molecule is O=C(O)[C@@H]1[C@H]2C=C[C@@]3(CN(c4cccc5ccccc45)C(=O)[C@@H]13)O2. The van der Waals surface area contributed by atoms with Gasteiger partial charge in [-0.2, -0.15) is 0 Å². The van der Waals surface area contributed by atoms with E-state index < -0.39 is 29.5 Å². The molecule has 0 radical (unpaired) electrons. The van der Waals surface area contributed by atoms with Gasteiger partial charge in [0.1, 0.15) is 11.5 Å². The Balaban J connectivity index is 1.64. The van der Waals surface area contributed by atoms with Crippen LogP contribution in [0.4, 0.5) is 5.69 Å². The van der Waals surface area contributed by atoms with Crippen molar-refractivity contribution < 1.29 is 19.4 Å². The molecule has 24 heavy (non-hydrogen) atoms. The first-order chi connectivity index (χ1) is 11.6. The topological polar surface area (TPSA) is 66.8 Å². The fourth-order valence-corrected chi connectivity index (χ4v) is 4.43. The van der Waals surface area contributed by atoms with E-state index in [-0.39, 0.29) is 5.91 Å². The van der Waals surface area contributed by atoms with E-state index in [2.05, 4.69) is 0 Å². The highest BCUT2D eigenvalue weighted by Crippen LogP contribution is 2.53. The van der Waals surface area contributed by atoms with Crippen LogP contribution in [-0.4, -0.2) is 35.2 Å². The van der Waals surface area contributed by atoms with E-state index in [0.29, 0.717) is 6.54 Å². The van der Waals surface area contributed by atoms with E-state index >= 15 is 0 Å². The minimum absolute atomic E-state index is 0.161. The van der Waals surface area contributed by atoms with Crippen molar-refractivity contribution in [2.24, 2.45) is 11.8 Å². The van der Waals surface area contributed by atoms with Crippen molar-refractivity contribution in [1.29, 1.82) is 0 Å². The number of hydrogen-bond donors (Lipinski definition) is 1. The van der Waals surface area contributed by atoms with Gasteiger partial charge in [-0.25, -0.2) is 0 Å². The quantitative estimate of drug-likeness (QED) is 0.861. The standard InChI is InChI=1S/C19H15NO4/c21-17-16-15(18(22)23)14-8-9-19(16,24-14)10-20(17)13-7-3-5-11-4-1-2-6-12(11)13/h1-9,14-16H,10H2,(H,22,23)/t14-,15-,16-,19+/m1/s1. The Morgan fingerprint density at radius 2 is 2.00 bits per heavy atom. The summed E-state index contributed by atoms with van der Waals surface area (Å²) in [5.41, 5.74) is 0.00772. The second-order valence-corrected chi connectivity index (χ2v) is 6.66. The first kappa shape index (κ1) is 13.7. The van der Waals surface area contributed by atoms with Crippen LogP contribution in [0.25, 0.3) is 10.8 Å². The largest absolute Gasteiger partial charge is 0.481 e. The Kier molecular flexibility index (Phi) is 2.55. The molecule has 3 aliphatic heterocycles. The molecule has 5 nitrogen and oxygen atoms in total. The Bertz CT molecular complexity index is 915. The lowest BCUT2D eigenvalue weighted by Crippen LogP contribution is -2.39. The van der Waals surface area contributed by atoms with Gasteiger partial charge >= 0.3 is 5.97 Å². The van der Waals surface area contributed by atoms with E-state index in [1.807, 2.05) is 48.5 Å². The summed E-state index contributed by atoms with van der Waals surface area (Å²) in [5.74, 6) is -2.58. The zero-order chi connectivity index (χ0) is 16.5. The average molecular weight is 321 g/mol. The van der Waals surface area contributed by atoms with Crippen LogP contribution in [0.2, 0.25) is 0 Å². The Morgan fingerprint density at radius 3 is 2.83 bits per heavy atom. The van der Waals surface area contributed by atoms with E-state index in [4.69, 9.17) is 4.74 Å². The number of carbonyl (C=O) groups is 2. The summed E-state index contributed by atoms with van der Waals surface area (Å²) in [6.07, 6.45) is 3.17. The number of hydrogen-bond acceptors (Lipinski definition) is 3. The number of amides is 1. The van der Waals surface area contributed by atoms with Crippen molar-refractivity contribution in [3.8, 4) is 0 Å². The van der Waals surface area contributed by atoms with Crippen LogP contribution in [0.3, 0.4) is 0 Å². The van der Waals surface area contributed by atoms with E-state index in [0.717, 1.165) is 16.5 Å². The van der Waals surface area contributed by atoms with Gasteiger partial charge in [0.2, 0.25) is 5.91 Å². The van der Waals surface area contributed by atoms with Crippen LogP contribution in [0.5, 0.6) is 0 Å². The summed E-state index contributed by atoms with van der Waals surface area (Å²) in [6, 6.07) is 13.7. The molecule has 5 heteroatoms. The van der Waals surface area contributed by atoms with Gasteiger partial charge in [0.25, 0.3) is 0 Å². The molecule has 0 saturated carbocycles. The molecule has 2 bridgehead atoms. The Morgan fingerprint density at radius 1 is 1.21 bits per heavy atom. The first-order valence-corrected chi connectivity index (χ1v) is 8.00. The lowest BCUT2D eigenvalue weighted by Gasteiger charge is -2.22. The van der Waals surface area contributed by atoms with Crippen molar-refractivity contribution in [3.63, 3.8) is 0 Å². The molecule has 1 spiro atoms. The average Bonchev–Trinajstić information content (AvgIpc) is 3.22. The molecule has 2 saturated heterocycles. The van der Waals surface area contributed by atoms with Crippen LogP contribution in [0.1, 0.15) is 0 Å². The molecule has 120 valence electrons. The maximum Gasteiger partial charge on any atom is 0.310 e. The number of anilines is 1. The molecule has 3 heterocycles. The van der Waals surface area contributed by atoms with Crippen molar-refractivity contribution in [1.82, 2.24) is 0 Å². The smallest absolute Gasteiger partial charge is 0.310 e. The van der Waals surface area contributed by atoms with Gasteiger partial charge < -0.3 is 14.7 Å². The molecule has 2 aromatic carbocycles. The van der Waals surface area contributed by atoms with Crippen LogP contribution >= 0.6 is 0 Å². The molecule has 5 rings (SSSR count). The highest BCUT2D eigenvalue weighted by Gasteiger charge is 2.67. The number of carboxylic acids is 1. The lowest BCUT2D eigenvalue weighted by atomic mass is 9.77. The molecule has 1 amide bonds. The number of fused-ring (bicyclic) bond motifs is 2. The highest BCUT2D eigenvalue weighted by atomic mass is 16.5.